The normalized spacial score (nSPS) is 20.7. The summed E-state index contributed by atoms with van der Waals surface area (Å²) in [6.45, 7) is 7.75. The molecule has 0 heterocycles. The molecule has 1 fully saturated rings. The van der Waals surface area contributed by atoms with Crippen molar-refractivity contribution in [3.8, 4) is 0 Å². The van der Waals surface area contributed by atoms with Gasteiger partial charge in [0.25, 0.3) is 0 Å². The second-order valence-corrected chi connectivity index (χ2v) is 7.01. The molecule has 0 aromatic heterocycles. The van der Waals surface area contributed by atoms with E-state index in [1.54, 1.807) is 6.92 Å². The highest BCUT2D eigenvalue weighted by Crippen LogP contribution is 2.36. The summed E-state index contributed by atoms with van der Waals surface area (Å²) in [5.41, 5.74) is 0. The van der Waals surface area contributed by atoms with Gasteiger partial charge < -0.3 is 5.32 Å². The third-order valence-corrected chi connectivity index (χ3v) is 5.04. The van der Waals surface area contributed by atoms with Gasteiger partial charge in [-0.3, -0.25) is 0 Å². The van der Waals surface area contributed by atoms with E-state index in [9.17, 15) is 8.42 Å². The van der Waals surface area contributed by atoms with Gasteiger partial charge in [0.2, 0.25) is 10.0 Å². The maximum absolute atomic E-state index is 11.8. The van der Waals surface area contributed by atoms with Crippen LogP contribution in [0.5, 0.6) is 0 Å². The molecule has 0 spiro atoms. The van der Waals surface area contributed by atoms with Crippen LogP contribution in [-0.2, 0) is 10.0 Å². The zero-order valence-electron chi connectivity index (χ0n) is 10.5. The first-order valence-corrected chi connectivity index (χ1v) is 7.71. The van der Waals surface area contributed by atoms with E-state index in [-0.39, 0.29) is 5.25 Å². The van der Waals surface area contributed by atoms with Crippen LogP contribution in [-0.4, -0.2) is 33.3 Å². The molecule has 0 radical (unpaired) electrons. The van der Waals surface area contributed by atoms with Crippen LogP contribution < -0.4 is 10.0 Å². The number of nitrogens with one attached hydrogen (secondary N) is 2. The molecule has 2 N–H and O–H groups in total. The highest BCUT2D eigenvalue weighted by atomic mass is 32.2. The standard InChI is InChI=1S/C11H24N2O2S/c1-4-12-8-10(3)16(14,15)13-7-9(2)11-5-6-11/h9-13H,4-8H2,1-3H3. The van der Waals surface area contributed by atoms with Crippen LogP contribution >= 0.6 is 0 Å². The summed E-state index contributed by atoms with van der Waals surface area (Å²) in [4.78, 5) is 0. The lowest BCUT2D eigenvalue weighted by Gasteiger charge is -2.16. The van der Waals surface area contributed by atoms with Gasteiger partial charge >= 0.3 is 0 Å². The minimum absolute atomic E-state index is 0.362. The summed E-state index contributed by atoms with van der Waals surface area (Å²) < 4.78 is 26.4. The Kier molecular flexibility index (Phi) is 5.21. The summed E-state index contributed by atoms with van der Waals surface area (Å²) in [7, 11) is -3.15. The molecule has 0 aromatic carbocycles. The van der Waals surface area contributed by atoms with Crippen LogP contribution in [0.1, 0.15) is 33.6 Å². The van der Waals surface area contributed by atoms with E-state index < -0.39 is 10.0 Å². The highest BCUT2D eigenvalue weighted by Gasteiger charge is 2.29. The maximum atomic E-state index is 11.8. The van der Waals surface area contributed by atoms with Gasteiger partial charge in [0.1, 0.15) is 0 Å². The lowest BCUT2D eigenvalue weighted by molar-refractivity contribution is 0.487. The lowest BCUT2D eigenvalue weighted by Crippen LogP contribution is -2.40. The molecule has 1 aliphatic carbocycles. The second-order valence-electron chi connectivity index (χ2n) is 4.83. The van der Waals surface area contributed by atoms with Crippen molar-refractivity contribution in [2.75, 3.05) is 19.6 Å². The van der Waals surface area contributed by atoms with E-state index in [0.29, 0.717) is 19.0 Å². The predicted molar refractivity (Wildman–Crippen MR) is 66.8 cm³/mol. The van der Waals surface area contributed by atoms with Crippen LogP contribution in [0.2, 0.25) is 0 Å². The van der Waals surface area contributed by atoms with Crippen LogP contribution in [0.4, 0.5) is 0 Å². The van der Waals surface area contributed by atoms with E-state index in [0.717, 1.165) is 12.5 Å². The van der Waals surface area contributed by atoms with E-state index >= 15 is 0 Å². The molecule has 0 amide bonds. The minimum Gasteiger partial charge on any atom is -0.316 e. The fourth-order valence-corrected chi connectivity index (χ4v) is 2.80. The molecule has 0 aliphatic heterocycles. The summed E-state index contributed by atoms with van der Waals surface area (Å²) in [6.07, 6.45) is 2.52. The number of hydrogen-bond acceptors (Lipinski definition) is 3. The van der Waals surface area contributed by atoms with Crippen molar-refractivity contribution in [1.82, 2.24) is 10.0 Å². The number of hydrogen-bond donors (Lipinski definition) is 2. The summed E-state index contributed by atoms with van der Waals surface area (Å²) in [5.74, 6) is 1.22. The Morgan fingerprint density at radius 1 is 1.25 bits per heavy atom. The van der Waals surface area contributed by atoms with Crippen molar-refractivity contribution in [2.24, 2.45) is 11.8 Å². The molecular weight excluding hydrogens is 224 g/mol. The van der Waals surface area contributed by atoms with E-state index in [1.165, 1.54) is 12.8 Å². The van der Waals surface area contributed by atoms with Gasteiger partial charge in [0, 0.05) is 13.1 Å². The molecule has 5 heteroatoms. The van der Waals surface area contributed by atoms with Crippen LogP contribution in [0.25, 0.3) is 0 Å². The van der Waals surface area contributed by atoms with Crippen LogP contribution in [0, 0.1) is 11.8 Å². The predicted octanol–water partition coefficient (Wildman–Crippen LogP) is 0.950. The van der Waals surface area contributed by atoms with E-state index in [4.69, 9.17) is 0 Å². The molecule has 1 aliphatic rings. The van der Waals surface area contributed by atoms with Crippen LogP contribution in [0.15, 0.2) is 0 Å². The van der Waals surface area contributed by atoms with E-state index in [1.807, 2.05) is 6.92 Å². The Hall–Kier alpha value is -0.130. The first-order chi connectivity index (χ1) is 7.47. The zero-order chi connectivity index (χ0) is 12.2. The molecule has 1 rings (SSSR count). The Morgan fingerprint density at radius 2 is 1.88 bits per heavy atom. The van der Waals surface area contributed by atoms with E-state index in [2.05, 4.69) is 17.0 Å². The second kappa shape index (κ2) is 5.98. The maximum Gasteiger partial charge on any atom is 0.215 e. The molecule has 1 saturated carbocycles. The molecule has 0 bridgehead atoms. The SMILES string of the molecule is CCNCC(C)S(=O)(=O)NCC(C)C1CC1. The first-order valence-electron chi connectivity index (χ1n) is 6.16. The van der Waals surface area contributed by atoms with Gasteiger partial charge in [-0.2, -0.15) is 0 Å². The summed E-state index contributed by atoms with van der Waals surface area (Å²) in [6, 6.07) is 0. The van der Waals surface area contributed by atoms with Crippen molar-refractivity contribution in [3.05, 3.63) is 0 Å². The molecule has 96 valence electrons. The lowest BCUT2D eigenvalue weighted by atomic mass is 10.1. The molecule has 4 nitrogen and oxygen atoms in total. The average molecular weight is 248 g/mol. The van der Waals surface area contributed by atoms with Crippen molar-refractivity contribution >= 4 is 10.0 Å². The average Bonchev–Trinajstić information content (AvgIpc) is 3.06. The van der Waals surface area contributed by atoms with Crippen molar-refractivity contribution in [1.29, 1.82) is 0 Å². The Labute approximate surface area is 99.2 Å². The molecule has 2 unspecified atom stereocenters. The van der Waals surface area contributed by atoms with Gasteiger partial charge in [0.05, 0.1) is 5.25 Å². The smallest absolute Gasteiger partial charge is 0.215 e. The third kappa shape index (κ3) is 4.39. The Balaban J connectivity index is 2.31. The molecule has 2 atom stereocenters. The summed E-state index contributed by atoms with van der Waals surface area (Å²) in [5, 5.41) is 2.70. The Morgan fingerprint density at radius 3 is 2.38 bits per heavy atom. The van der Waals surface area contributed by atoms with Gasteiger partial charge in [-0.25, -0.2) is 13.1 Å². The largest absolute Gasteiger partial charge is 0.316 e. The zero-order valence-corrected chi connectivity index (χ0v) is 11.3. The van der Waals surface area contributed by atoms with Crippen molar-refractivity contribution in [3.63, 3.8) is 0 Å². The van der Waals surface area contributed by atoms with Gasteiger partial charge in [-0.15, -0.1) is 0 Å². The fraction of sp³-hybridized carbons (Fsp3) is 1.00. The monoisotopic (exact) mass is 248 g/mol. The summed E-state index contributed by atoms with van der Waals surface area (Å²) >= 11 is 0. The minimum atomic E-state index is -3.15. The molecular formula is C11H24N2O2S. The molecule has 0 saturated heterocycles. The van der Waals surface area contributed by atoms with Crippen LogP contribution in [0.3, 0.4) is 0 Å². The molecule has 16 heavy (non-hydrogen) atoms. The third-order valence-electron chi connectivity index (χ3n) is 3.24. The topological polar surface area (TPSA) is 58.2 Å². The first kappa shape index (κ1) is 13.9. The van der Waals surface area contributed by atoms with Gasteiger partial charge in [-0.05, 0) is 38.1 Å². The number of sulfonamides is 1. The quantitative estimate of drug-likeness (QED) is 0.672. The van der Waals surface area contributed by atoms with Crippen molar-refractivity contribution in [2.45, 2.75) is 38.9 Å². The Bertz CT molecular complexity index is 299. The highest BCUT2D eigenvalue weighted by molar-refractivity contribution is 7.90. The number of rotatable bonds is 8. The molecule has 0 aromatic rings. The fourth-order valence-electron chi connectivity index (χ4n) is 1.68. The van der Waals surface area contributed by atoms with Gasteiger partial charge in [0.15, 0.2) is 0 Å². The van der Waals surface area contributed by atoms with Gasteiger partial charge in [-0.1, -0.05) is 13.8 Å². The van der Waals surface area contributed by atoms with Crippen molar-refractivity contribution < 1.29 is 8.42 Å².